The Hall–Kier alpha value is -1.87. The first-order valence-corrected chi connectivity index (χ1v) is 6.75. The maximum Gasteiger partial charge on any atom is 0.127 e. The van der Waals surface area contributed by atoms with E-state index in [0.717, 1.165) is 11.1 Å². The summed E-state index contributed by atoms with van der Waals surface area (Å²) in [6.07, 6.45) is 0. The fourth-order valence-corrected chi connectivity index (χ4v) is 1.99. The highest BCUT2D eigenvalue weighted by molar-refractivity contribution is 5.36. The van der Waals surface area contributed by atoms with Crippen molar-refractivity contribution in [2.75, 3.05) is 7.05 Å². The highest BCUT2D eigenvalue weighted by Crippen LogP contribution is 2.26. The summed E-state index contributed by atoms with van der Waals surface area (Å²) in [7, 11) is 1.87. The zero-order valence-corrected chi connectivity index (χ0v) is 12.1. The van der Waals surface area contributed by atoms with E-state index in [4.69, 9.17) is 4.74 Å². The fourth-order valence-electron chi connectivity index (χ4n) is 1.99. The summed E-state index contributed by atoms with van der Waals surface area (Å²) in [6, 6.07) is 12.9. The van der Waals surface area contributed by atoms with Gasteiger partial charge in [-0.2, -0.15) is 0 Å². The van der Waals surface area contributed by atoms with Crippen molar-refractivity contribution in [2.45, 2.75) is 26.5 Å². The summed E-state index contributed by atoms with van der Waals surface area (Å²) in [6.45, 7) is 4.50. The molecule has 0 fully saturated rings. The Morgan fingerprint density at radius 1 is 1.15 bits per heavy atom. The lowest BCUT2D eigenvalue weighted by Crippen LogP contribution is -2.14. The van der Waals surface area contributed by atoms with Crippen LogP contribution in [-0.4, -0.2) is 7.05 Å². The fraction of sp³-hybridized carbons (Fsp3) is 0.294. The lowest BCUT2D eigenvalue weighted by molar-refractivity contribution is 0.298. The van der Waals surface area contributed by atoms with Crippen LogP contribution in [0.5, 0.6) is 5.75 Å². The smallest absolute Gasteiger partial charge is 0.127 e. The highest BCUT2D eigenvalue weighted by atomic mass is 19.1. The van der Waals surface area contributed by atoms with E-state index in [1.165, 1.54) is 17.7 Å². The summed E-state index contributed by atoms with van der Waals surface area (Å²) in [5.74, 6) is 0.309. The molecule has 0 bridgehead atoms. The number of aryl methyl sites for hydroxylation is 1. The van der Waals surface area contributed by atoms with Crippen LogP contribution in [0.15, 0.2) is 42.5 Å². The van der Waals surface area contributed by atoms with Gasteiger partial charge in [0.05, 0.1) is 0 Å². The van der Waals surface area contributed by atoms with Crippen molar-refractivity contribution < 1.29 is 9.13 Å². The molecule has 0 saturated heterocycles. The third kappa shape index (κ3) is 3.58. The average Bonchev–Trinajstić information content (AvgIpc) is 2.46. The number of hydrogen-bond acceptors (Lipinski definition) is 2. The van der Waals surface area contributed by atoms with Crippen LogP contribution < -0.4 is 10.1 Å². The summed E-state index contributed by atoms with van der Waals surface area (Å²) >= 11 is 0. The Morgan fingerprint density at radius 3 is 2.50 bits per heavy atom. The summed E-state index contributed by atoms with van der Waals surface area (Å²) in [5, 5.41) is 3.14. The topological polar surface area (TPSA) is 21.3 Å². The number of halogens is 1. The second kappa shape index (κ2) is 6.53. The first-order chi connectivity index (χ1) is 9.60. The van der Waals surface area contributed by atoms with Crippen molar-refractivity contribution >= 4 is 0 Å². The molecule has 2 aromatic carbocycles. The van der Waals surface area contributed by atoms with Crippen molar-refractivity contribution in [3.05, 3.63) is 65.0 Å². The number of rotatable bonds is 5. The molecular formula is C17H20FNO. The molecule has 2 nitrogen and oxygen atoms in total. The van der Waals surface area contributed by atoms with E-state index in [0.29, 0.717) is 12.4 Å². The van der Waals surface area contributed by atoms with E-state index in [1.807, 2.05) is 45.2 Å². The highest BCUT2D eigenvalue weighted by Gasteiger charge is 2.11. The van der Waals surface area contributed by atoms with Crippen LogP contribution in [0.2, 0.25) is 0 Å². The van der Waals surface area contributed by atoms with Gasteiger partial charge in [0, 0.05) is 17.7 Å². The van der Waals surface area contributed by atoms with Crippen LogP contribution >= 0.6 is 0 Å². The van der Waals surface area contributed by atoms with Gasteiger partial charge in [0.25, 0.3) is 0 Å². The van der Waals surface area contributed by atoms with Gasteiger partial charge < -0.3 is 10.1 Å². The zero-order valence-electron chi connectivity index (χ0n) is 12.1. The van der Waals surface area contributed by atoms with Crippen molar-refractivity contribution in [3.63, 3.8) is 0 Å². The van der Waals surface area contributed by atoms with Gasteiger partial charge >= 0.3 is 0 Å². The van der Waals surface area contributed by atoms with Crippen LogP contribution in [0.4, 0.5) is 4.39 Å². The molecule has 0 heterocycles. The molecule has 1 N–H and O–H groups in total. The van der Waals surface area contributed by atoms with Crippen LogP contribution in [0.25, 0.3) is 0 Å². The zero-order chi connectivity index (χ0) is 14.5. The second-order valence-electron chi connectivity index (χ2n) is 4.97. The van der Waals surface area contributed by atoms with Gasteiger partial charge in [-0.1, -0.05) is 35.9 Å². The summed E-state index contributed by atoms with van der Waals surface area (Å²) in [4.78, 5) is 0. The maximum atomic E-state index is 13.4. The first-order valence-electron chi connectivity index (χ1n) is 6.75. The number of benzene rings is 2. The quantitative estimate of drug-likeness (QED) is 0.889. The monoisotopic (exact) mass is 273 g/mol. The van der Waals surface area contributed by atoms with E-state index < -0.39 is 0 Å². The number of hydrogen-bond donors (Lipinski definition) is 1. The molecular weight excluding hydrogens is 253 g/mol. The molecule has 0 radical (unpaired) electrons. The van der Waals surface area contributed by atoms with Crippen molar-refractivity contribution in [1.29, 1.82) is 0 Å². The lowest BCUT2D eigenvalue weighted by Gasteiger charge is -2.16. The van der Waals surface area contributed by atoms with Crippen LogP contribution in [0.1, 0.15) is 29.7 Å². The van der Waals surface area contributed by atoms with E-state index in [1.54, 1.807) is 6.07 Å². The predicted molar refractivity (Wildman–Crippen MR) is 79.4 cm³/mol. The van der Waals surface area contributed by atoms with Gasteiger partial charge in [0.1, 0.15) is 18.2 Å². The predicted octanol–water partition coefficient (Wildman–Crippen LogP) is 3.99. The molecule has 2 rings (SSSR count). The largest absolute Gasteiger partial charge is 0.488 e. The second-order valence-corrected chi connectivity index (χ2v) is 4.97. The van der Waals surface area contributed by atoms with E-state index in [9.17, 15) is 4.39 Å². The molecule has 0 amide bonds. The maximum absolute atomic E-state index is 13.4. The molecule has 0 spiro atoms. The normalized spacial score (nSPS) is 12.2. The summed E-state index contributed by atoms with van der Waals surface area (Å²) in [5.41, 5.74) is 3.24. The Kier molecular flexibility index (Phi) is 4.74. The molecule has 1 atom stereocenters. The van der Waals surface area contributed by atoms with Crippen molar-refractivity contribution in [3.8, 4) is 5.75 Å². The minimum absolute atomic E-state index is 0.114. The molecule has 1 unspecified atom stereocenters. The van der Waals surface area contributed by atoms with Crippen LogP contribution in [-0.2, 0) is 6.61 Å². The molecule has 0 aliphatic heterocycles. The number of ether oxygens (including phenoxy) is 1. The van der Waals surface area contributed by atoms with E-state index in [2.05, 4.69) is 5.32 Å². The van der Waals surface area contributed by atoms with Gasteiger partial charge in [-0.15, -0.1) is 0 Å². The van der Waals surface area contributed by atoms with Crippen molar-refractivity contribution in [1.82, 2.24) is 5.32 Å². The molecule has 20 heavy (non-hydrogen) atoms. The minimum Gasteiger partial charge on any atom is -0.488 e. The molecule has 0 aromatic heterocycles. The van der Waals surface area contributed by atoms with Crippen LogP contribution in [0.3, 0.4) is 0 Å². The van der Waals surface area contributed by atoms with Gasteiger partial charge in [-0.25, -0.2) is 4.39 Å². The van der Waals surface area contributed by atoms with Gasteiger partial charge in [-0.3, -0.25) is 0 Å². The Morgan fingerprint density at radius 2 is 1.85 bits per heavy atom. The standard InChI is InChI=1S/C17H20FNO/c1-12-4-6-14(7-5-12)11-20-17-10-15(18)8-9-16(17)13(2)19-3/h4-10,13,19H,11H2,1-3H3. The lowest BCUT2D eigenvalue weighted by atomic mass is 10.1. The minimum atomic E-state index is -0.282. The van der Waals surface area contributed by atoms with E-state index >= 15 is 0 Å². The van der Waals surface area contributed by atoms with Gasteiger partial charge in [-0.05, 0) is 32.5 Å². The third-order valence-electron chi connectivity index (χ3n) is 3.39. The number of nitrogens with one attached hydrogen (secondary N) is 1. The molecule has 0 saturated carbocycles. The third-order valence-corrected chi connectivity index (χ3v) is 3.39. The first kappa shape index (κ1) is 14.5. The molecule has 0 aliphatic rings. The Bertz CT molecular complexity index is 566. The molecule has 106 valence electrons. The molecule has 0 aliphatic carbocycles. The Labute approximate surface area is 119 Å². The van der Waals surface area contributed by atoms with Gasteiger partial charge in [0.2, 0.25) is 0 Å². The Balaban J connectivity index is 2.15. The SMILES string of the molecule is CNC(C)c1ccc(F)cc1OCc1ccc(C)cc1. The van der Waals surface area contributed by atoms with Gasteiger partial charge in [0.15, 0.2) is 0 Å². The molecule has 3 heteroatoms. The van der Waals surface area contributed by atoms with Crippen LogP contribution in [0, 0.1) is 12.7 Å². The average molecular weight is 273 g/mol. The summed E-state index contributed by atoms with van der Waals surface area (Å²) < 4.78 is 19.2. The van der Waals surface area contributed by atoms with Crippen molar-refractivity contribution in [2.24, 2.45) is 0 Å². The van der Waals surface area contributed by atoms with E-state index in [-0.39, 0.29) is 11.9 Å². The molecule has 2 aromatic rings.